The summed E-state index contributed by atoms with van der Waals surface area (Å²) in [5.41, 5.74) is 6.50. The number of allylic oxidation sites excluding steroid dienone is 1. The van der Waals surface area contributed by atoms with Gasteiger partial charge in [-0.05, 0) is 76.4 Å². The van der Waals surface area contributed by atoms with Crippen LogP contribution in [0.4, 0.5) is 0 Å². The van der Waals surface area contributed by atoms with Gasteiger partial charge in [0, 0.05) is 11.1 Å². The number of rotatable bonds is 4. The van der Waals surface area contributed by atoms with Crippen LogP contribution in [-0.2, 0) is 6.42 Å². The van der Waals surface area contributed by atoms with Gasteiger partial charge < -0.3 is 9.47 Å². The molecular formula is C29H23IN2O3S. The van der Waals surface area contributed by atoms with Crippen LogP contribution in [0.1, 0.15) is 34.7 Å². The molecule has 1 aliphatic heterocycles. The zero-order chi connectivity index (χ0) is 24.8. The van der Waals surface area contributed by atoms with E-state index < -0.39 is 0 Å². The maximum atomic E-state index is 13.9. The van der Waals surface area contributed by atoms with Crippen LogP contribution in [0.2, 0.25) is 0 Å². The molecule has 2 heterocycles. The van der Waals surface area contributed by atoms with Crippen molar-refractivity contribution in [2.24, 2.45) is 4.99 Å². The Kier molecular flexibility index (Phi) is 6.05. The first kappa shape index (κ1) is 23.2. The summed E-state index contributed by atoms with van der Waals surface area (Å²) in [6.45, 7) is 0. The van der Waals surface area contributed by atoms with E-state index in [-0.39, 0.29) is 11.6 Å². The highest BCUT2D eigenvalue weighted by Crippen LogP contribution is 2.43. The Balaban J connectivity index is 1.62. The van der Waals surface area contributed by atoms with Crippen molar-refractivity contribution in [3.63, 3.8) is 0 Å². The summed E-state index contributed by atoms with van der Waals surface area (Å²) < 4.78 is 14.7. The van der Waals surface area contributed by atoms with Crippen molar-refractivity contribution in [2.45, 2.75) is 18.9 Å². The van der Waals surface area contributed by atoms with Crippen molar-refractivity contribution in [3.8, 4) is 11.5 Å². The minimum absolute atomic E-state index is 0.0362. The van der Waals surface area contributed by atoms with Crippen molar-refractivity contribution < 1.29 is 9.47 Å². The smallest absolute Gasteiger partial charge is 0.271 e. The molecule has 0 spiro atoms. The largest absolute Gasteiger partial charge is 0.496 e. The minimum atomic E-state index is -0.265. The van der Waals surface area contributed by atoms with Crippen molar-refractivity contribution >= 4 is 45.7 Å². The fourth-order valence-electron chi connectivity index (χ4n) is 5.12. The number of thiazole rings is 1. The Morgan fingerprint density at radius 1 is 1.00 bits per heavy atom. The molecule has 0 bridgehead atoms. The second-order valence-electron chi connectivity index (χ2n) is 8.75. The number of aromatic nitrogens is 1. The number of para-hydroxylation sites is 1. The summed E-state index contributed by atoms with van der Waals surface area (Å²) in [5.74, 6) is 1.59. The molecule has 180 valence electrons. The molecule has 0 fully saturated rings. The molecule has 0 N–H and O–H groups in total. The first-order valence-corrected chi connectivity index (χ1v) is 13.6. The van der Waals surface area contributed by atoms with E-state index in [9.17, 15) is 4.79 Å². The van der Waals surface area contributed by atoms with Crippen LogP contribution in [0.15, 0.2) is 82.1 Å². The molecule has 3 aromatic carbocycles. The number of fused-ring (bicyclic) bond motifs is 3. The van der Waals surface area contributed by atoms with Crippen LogP contribution in [-0.4, -0.2) is 18.8 Å². The van der Waals surface area contributed by atoms with Crippen molar-refractivity contribution in [1.82, 2.24) is 4.57 Å². The molecule has 1 atom stereocenters. The number of aryl methyl sites for hydroxylation is 1. The first-order valence-electron chi connectivity index (χ1n) is 11.7. The Morgan fingerprint density at radius 3 is 2.58 bits per heavy atom. The maximum Gasteiger partial charge on any atom is 0.271 e. The molecule has 1 aliphatic carbocycles. The van der Waals surface area contributed by atoms with E-state index >= 15 is 0 Å². The zero-order valence-corrected chi connectivity index (χ0v) is 22.8. The lowest BCUT2D eigenvalue weighted by Gasteiger charge is -2.31. The molecule has 4 aromatic rings. The first-order chi connectivity index (χ1) is 17.6. The predicted octanol–water partition coefficient (Wildman–Crippen LogP) is 4.94. The summed E-state index contributed by atoms with van der Waals surface area (Å²) in [4.78, 5) is 19.7. The normalized spacial score (nSPS) is 16.6. The summed E-state index contributed by atoms with van der Waals surface area (Å²) in [5, 5.41) is 0. The second-order valence-corrected chi connectivity index (χ2v) is 10.9. The molecule has 7 heteroatoms. The van der Waals surface area contributed by atoms with Crippen LogP contribution in [0.25, 0.3) is 11.8 Å². The maximum absolute atomic E-state index is 13.9. The second kappa shape index (κ2) is 9.37. The molecule has 0 radical (unpaired) electrons. The van der Waals surface area contributed by atoms with Gasteiger partial charge in [0.25, 0.3) is 5.56 Å². The Bertz CT molecular complexity index is 1720. The molecule has 0 saturated carbocycles. The van der Waals surface area contributed by atoms with Crippen molar-refractivity contribution in [1.29, 1.82) is 0 Å². The molecule has 1 aromatic heterocycles. The van der Waals surface area contributed by atoms with Gasteiger partial charge in [0.2, 0.25) is 0 Å². The number of ether oxygens (including phenoxy) is 2. The van der Waals surface area contributed by atoms with Crippen LogP contribution in [0, 0.1) is 3.57 Å². The average molecular weight is 606 g/mol. The fraction of sp³-hybridized carbons (Fsp3) is 0.172. The topological polar surface area (TPSA) is 52.8 Å². The van der Waals surface area contributed by atoms with Crippen LogP contribution in [0.3, 0.4) is 0 Å². The highest BCUT2D eigenvalue weighted by Gasteiger charge is 2.33. The van der Waals surface area contributed by atoms with Crippen molar-refractivity contribution in [2.75, 3.05) is 14.2 Å². The van der Waals surface area contributed by atoms with Crippen LogP contribution in [0.5, 0.6) is 11.5 Å². The van der Waals surface area contributed by atoms with E-state index in [0.29, 0.717) is 9.33 Å². The zero-order valence-electron chi connectivity index (χ0n) is 19.8. The van der Waals surface area contributed by atoms with Gasteiger partial charge >= 0.3 is 0 Å². The van der Waals surface area contributed by atoms with E-state index in [0.717, 1.165) is 55.9 Å². The molecule has 6 rings (SSSR count). The lowest BCUT2D eigenvalue weighted by atomic mass is 9.83. The van der Waals surface area contributed by atoms with Crippen LogP contribution >= 0.6 is 33.9 Å². The van der Waals surface area contributed by atoms with Crippen molar-refractivity contribution in [3.05, 3.63) is 118 Å². The highest BCUT2D eigenvalue weighted by molar-refractivity contribution is 14.1. The monoisotopic (exact) mass is 606 g/mol. The van der Waals surface area contributed by atoms with E-state index in [2.05, 4.69) is 52.9 Å². The number of methoxy groups -OCH3 is 2. The predicted molar refractivity (Wildman–Crippen MR) is 151 cm³/mol. The number of hydrogen-bond acceptors (Lipinski definition) is 5. The average Bonchev–Trinajstić information content (AvgIpc) is 3.21. The third-order valence-electron chi connectivity index (χ3n) is 6.78. The molecule has 1 unspecified atom stereocenters. The van der Waals surface area contributed by atoms with Gasteiger partial charge in [-0.2, -0.15) is 0 Å². The Labute approximate surface area is 226 Å². The van der Waals surface area contributed by atoms with Gasteiger partial charge in [0.05, 0.1) is 34.1 Å². The molecule has 0 amide bonds. The van der Waals surface area contributed by atoms with E-state index in [1.54, 1.807) is 14.2 Å². The molecular weight excluding hydrogens is 583 g/mol. The minimum Gasteiger partial charge on any atom is -0.496 e. The molecule has 36 heavy (non-hydrogen) atoms. The third kappa shape index (κ3) is 3.81. The Morgan fingerprint density at radius 2 is 1.78 bits per heavy atom. The number of hydrogen-bond donors (Lipinski definition) is 0. The summed E-state index contributed by atoms with van der Waals surface area (Å²) in [7, 11) is 3.34. The quantitative estimate of drug-likeness (QED) is 0.310. The van der Waals surface area contributed by atoms with Gasteiger partial charge in [-0.15, -0.1) is 0 Å². The summed E-state index contributed by atoms with van der Waals surface area (Å²) in [6.07, 6.45) is 3.71. The fourth-order valence-corrected chi connectivity index (χ4v) is 6.88. The van der Waals surface area contributed by atoms with E-state index in [4.69, 9.17) is 14.5 Å². The lowest BCUT2D eigenvalue weighted by Crippen LogP contribution is -2.39. The molecule has 0 saturated heterocycles. The van der Waals surface area contributed by atoms with E-state index in [1.807, 2.05) is 47.0 Å². The Hall–Kier alpha value is -3.17. The number of benzene rings is 3. The van der Waals surface area contributed by atoms with Gasteiger partial charge in [0.15, 0.2) is 4.80 Å². The van der Waals surface area contributed by atoms with Crippen LogP contribution < -0.4 is 24.4 Å². The number of halogens is 1. The standard InChI is InChI=1S/C29H23IN2O3S/c1-34-23-10-6-5-9-20(23)27-21-13-12-18-7-3-4-8-19(18)26(21)31-29-32(27)28(33)25(36-29)16-17-11-14-24(35-2)22(30)15-17/h3-11,14-16,27H,12-13H2,1-2H3/b25-16+. The van der Waals surface area contributed by atoms with E-state index in [1.165, 1.54) is 16.9 Å². The van der Waals surface area contributed by atoms with Gasteiger partial charge in [-0.25, -0.2) is 4.99 Å². The third-order valence-corrected chi connectivity index (χ3v) is 8.61. The van der Waals surface area contributed by atoms with Gasteiger partial charge in [-0.1, -0.05) is 59.9 Å². The summed E-state index contributed by atoms with van der Waals surface area (Å²) in [6, 6.07) is 22.1. The number of nitrogens with zero attached hydrogens (tertiary/aromatic N) is 2. The SMILES string of the molecule is COc1ccc(/C=c2/sc3n(c2=O)C(c2ccccc2OC)C2=C(N=3)c3ccccc3CC2)cc1I. The van der Waals surface area contributed by atoms with Gasteiger partial charge in [-0.3, -0.25) is 9.36 Å². The summed E-state index contributed by atoms with van der Waals surface area (Å²) >= 11 is 3.69. The molecule has 2 aliphatic rings. The molecule has 5 nitrogen and oxygen atoms in total. The van der Waals surface area contributed by atoms with Gasteiger partial charge in [0.1, 0.15) is 11.5 Å². The highest BCUT2D eigenvalue weighted by atomic mass is 127. The lowest BCUT2D eigenvalue weighted by molar-refractivity contribution is 0.402.